The second-order valence-electron chi connectivity index (χ2n) is 6.13. The summed E-state index contributed by atoms with van der Waals surface area (Å²) in [5.74, 6) is -0.164. The SMILES string of the molecule is CNC(=O)CCCN(C)C(=O)c1ccc2[nH]c(=O)n(C(C)C)c2c1. The summed E-state index contributed by atoms with van der Waals surface area (Å²) in [6.45, 7) is 4.34. The van der Waals surface area contributed by atoms with Gasteiger partial charge in [0.25, 0.3) is 5.91 Å². The van der Waals surface area contributed by atoms with Crippen LogP contribution in [-0.2, 0) is 4.79 Å². The number of H-pyrrole nitrogens is 1. The van der Waals surface area contributed by atoms with Crippen molar-refractivity contribution in [1.82, 2.24) is 19.8 Å². The molecule has 0 aliphatic rings. The number of nitrogens with zero attached hydrogens (tertiary/aromatic N) is 2. The highest BCUT2D eigenvalue weighted by Gasteiger charge is 2.15. The zero-order valence-electron chi connectivity index (χ0n) is 14.5. The number of benzene rings is 1. The summed E-state index contributed by atoms with van der Waals surface area (Å²) in [5.41, 5.74) is 1.79. The first-order valence-electron chi connectivity index (χ1n) is 8.05. The fourth-order valence-corrected chi connectivity index (χ4v) is 2.69. The van der Waals surface area contributed by atoms with Crippen molar-refractivity contribution in [3.63, 3.8) is 0 Å². The number of amides is 2. The van der Waals surface area contributed by atoms with Crippen molar-refractivity contribution in [2.45, 2.75) is 32.7 Å². The van der Waals surface area contributed by atoms with E-state index >= 15 is 0 Å². The highest BCUT2D eigenvalue weighted by atomic mass is 16.2. The molecule has 0 radical (unpaired) electrons. The fourth-order valence-electron chi connectivity index (χ4n) is 2.69. The molecule has 130 valence electrons. The molecule has 2 N–H and O–H groups in total. The summed E-state index contributed by atoms with van der Waals surface area (Å²) in [6, 6.07) is 5.20. The van der Waals surface area contributed by atoms with Gasteiger partial charge in [-0.05, 0) is 38.5 Å². The molecular weight excluding hydrogens is 308 g/mol. The van der Waals surface area contributed by atoms with Crippen molar-refractivity contribution in [3.05, 3.63) is 34.2 Å². The molecule has 2 rings (SSSR count). The number of carbonyl (C=O) groups excluding carboxylic acids is 2. The Kier molecular flexibility index (Phi) is 5.43. The lowest BCUT2D eigenvalue weighted by Crippen LogP contribution is -2.29. The molecule has 0 aliphatic heterocycles. The van der Waals surface area contributed by atoms with E-state index in [-0.39, 0.29) is 23.5 Å². The third-order valence-corrected chi connectivity index (χ3v) is 4.00. The minimum Gasteiger partial charge on any atom is -0.359 e. The summed E-state index contributed by atoms with van der Waals surface area (Å²) in [4.78, 5) is 40.2. The molecule has 0 atom stereocenters. The van der Waals surface area contributed by atoms with Crippen LogP contribution < -0.4 is 11.0 Å². The molecule has 0 bridgehead atoms. The van der Waals surface area contributed by atoms with Crippen molar-refractivity contribution >= 4 is 22.8 Å². The number of rotatable bonds is 6. The van der Waals surface area contributed by atoms with E-state index in [1.165, 1.54) is 0 Å². The first-order valence-corrected chi connectivity index (χ1v) is 8.05. The molecule has 7 nitrogen and oxygen atoms in total. The van der Waals surface area contributed by atoms with Gasteiger partial charge in [-0.25, -0.2) is 4.79 Å². The number of imidazole rings is 1. The van der Waals surface area contributed by atoms with Crippen LogP contribution in [0.1, 0.15) is 43.1 Å². The molecule has 1 aromatic carbocycles. The normalized spacial score (nSPS) is 11.0. The van der Waals surface area contributed by atoms with Gasteiger partial charge in [-0.2, -0.15) is 0 Å². The van der Waals surface area contributed by atoms with Crippen LogP contribution in [0.5, 0.6) is 0 Å². The molecular formula is C17H24N4O3. The summed E-state index contributed by atoms with van der Waals surface area (Å²) in [6.07, 6.45) is 0.989. The Labute approximate surface area is 140 Å². The van der Waals surface area contributed by atoms with Gasteiger partial charge in [0.1, 0.15) is 0 Å². The van der Waals surface area contributed by atoms with Crippen LogP contribution in [0.2, 0.25) is 0 Å². The van der Waals surface area contributed by atoms with E-state index in [4.69, 9.17) is 0 Å². The summed E-state index contributed by atoms with van der Waals surface area (Å²) in [7, 11) is 3.31. The molecule has 0 saturated heterocycles. The lowest BCUT2D eigenvalue weighted by atomic mass is 10.1. The van der Waals surface area contributed by atoms with E-state index in [2.05, 4.69) is 10.3 Å². The van der Waals surface area contributed by atoms with Gasteiger partial charge in [-0.3, -0.25) is 14.2 Å². The Balaban J connectivity index is 2.19. The molecule has 24 heavy (non-hydrogen) atoms. The van der Waals surface area contributed by atoms with Gasteiger partial charge < -0.3 is 15.2 Å². The van der Waals surface area contributed by atoms with Crippen LogP contribution >= 0.6 is 0 Å². The molecule has 1 heterocycles. The van der Waals surface area contributed by atoms with Crippen molar-refractivity contribution in [2.75, 3.05) is 20.6 Å². The van der Waals surface area contributed by atoms with Crippen LogP contribution in [-0.4, -0.2) is 46.9 Å². The van der Waals surface area contributed by atoms with Crippen LogP contribution in [0.25, 0.3) is 11.0 Å². The van der Waals surface area contributed by atoms with Crippen molar-refractivity contribution in [1.29, 1.82) is 0 Å². The van der Waals surface area contributed by atoms with Crippen molar-refractivity contribution in [2.24, 2.45) is 0 Å². The van der Waals surface area contributed by atoms with Crippen LogP contribution in [0, 0.1) is 0 Å². The van der Waals surface area contributed by atoms with E-state index in [0.717, 1.165) is 5.52 Å². The molecule has 2 amide bonds. The summed E-state index contributed by atoms with van der Waals surface area (Å²) >= 11 is 0. The molecule has 0 spiro atoms. The average Bonchev–Trinajstić information content (AvgIpc) is 2.88. The van der Waals surface area contributed by atoms with Crippen LogP contribution in [0.3, 0.4) is 0 Å². The van der Waals surface area contributed by atoms with Crippen LogP contribution in [0.4, 0.5) is 0 Å². The zero-order valence-corrected chi connectivity index (χ0v) is 14.5. The van der Waals surface area contributed by atoms with E-state index in [0.29, 0.717) is 30.5 Å². The quantitative estimate of drug-likeness (QED) is 0.840. The summed E-state index contributed by atoms with van der Waals surface area (Å²) in [5, 5.41) is 2.56. The monoisotopic (exact) mass is 332 g/mol. The second-order valence-corrected chi connectivity index (χ2v) is 6.13. The summed E-state index contributed by atoms with van der Waals surface area (Å²) < 4.78 is 1.64. The lowest BCUT2D eigenvalue weighted by molar-refractivity contribution is -0.120. The molecule has 0 aliphatic carbocycles. The maximum Gasteiger partial charge on any atom is 0.326 e. The number of aromatic amines is 1. The Morgan fingerprint density at radius 2 is 2.04 bits per heavy atom. The predicted molar refractivity (Wildman–Crippen MR) is 93.2 cm³/mol. The Morgan fingerprint density at radius 3 is 2.67 bits per heavy atom. The fraction of sp³-hybridized carbons (Fsp3) is 0.471. The molecule has 0 saturated carbocycles. The lowest BCUT2D eigenvalue weighted by Gasteiger charge is -2.17. The maximum atomic E-state index is 12.5. The molecule has 7 heteroatoms. The predicted octanol–water partition coefficient (Wildman–Crippen LogP) is 1.51. The van der Waals surface area contributed by atoms with Crippen molar-refractivity contribution in [3.8, 4) is 0 Å². The largest absolute Gasteiger partial charge is 0.359 e. The van der Waals surface area contributed by atoms with E-state index in [9.17, 15) is 14.4 Å². The van der Waals surface area contributed by atoms with Gasteiger partial charge in [0.05, 0.1) is 11.0 Å². The minimum atomic E-state index is -0.177. The van der Waals surface area contributed by atoms with Gasteiger partial charge in [0, 0.05) is 38.7 Å². The number of fused-ring (bicyclic) bond motifs is 1. The number of aromatic nitrogens is 2. The average molecular weight is 332 g/mol. The Morgan fingerprint density at radius 1 is 1.33 bits per heavy atom. The first-order chi connectivity index (χ1) is 11.3. The van der Waals surface area contributed by atoms with Gasteiger partial charge >= 0.3 is 5.69 Å². The number of carbonyl (C=O) groups is 2. The van der Waals surface area contributed by atoms with E-state index in [1.54, 1.807) is 41.8 Å². The van der Waals surface area contributed by atoms with Gasteiger partial charge in [-0.15, -0.1) is 0 Å². The number of nitrogens with one attached hydrogen (secondary N) is 2. The van der Waals surface area contributed by atoms with E-state index < -0.39 is 0 Å². The highest BCUT2D eigenvalue weighted by molar-refractivity contribution is 5.97. The molecule has 2 aromatic rings. The number of hydrogen-bond acceptors (Lipinski definition) is 3. The Bertz CT molecular complexity index is 804. The number of hydrogen-bond donors (Lipinski definition) is 2. The zero-order chi connectivity index (χ0) is 17.9. The van der Waals surface area contributed by atoms with Crippen LogP contribution in [0.15, 0.2) is 23.0 Å². The minimum absolute atomic E-state index is 0.00175. The third kappa shape index (κ3) is 3.67. The third-order valence-electron chi connectivity index (χ3n) is 4.00. The van der Waals surface area contributed by atoms with Gasteiger partial charge in [0.15, 0.2) is 0 Å². The van der Waals surface area contributed by atoms with Crippen molar-refractivity contribution < 1.29 is 9.59 Å². The van der Waals surface area contributed by atoms with E-state index in [1.807, 2.05) is 13.8 Å². The molecule has 0 fully saturated rings. The first kappa shape index (κ1) is 17.8. The maximum absolute atomic E-state index is 12.5. The smallest absolute Gasteiger partial charge is 0.326 e. The highest BCUT2D eigenvalue weighted by Crippen LogP contribution is 2.17. The second kappa shape index (κ2) is 7.33. The van der Waals surface area contributed by atoms with Gasteiger partial charge in [-0.1, -0.05) is 0 Å². The topological polar surface area (TPSA) is 87.2 Å². The Hall–Kier alpha value is -2.57. The van der Waals surface area contributed by atoms with Gasteiger partial charge in [0.2, 0.25) is 5.91 Å². The molecule has 1 aromatic heterocycles. The molecule has 0 unspecified atom stereocenters. The standard InChI is InChI=1S/C17H24N4O3/c1-11(2)21-14-10-12(7-8-13(14)19-17(21)24)16(23)20(4)9-5-6-15(22)18-3/h7-8,10-11H,5-6,9H2,1-4H3,(H,18,22)(H,19,24).